The van der Waals surface area contributed by atoms with Crippen molar-refractivity contribution in [3.05, 3.63) is 70.8 Å². The summed E-state index contributed by atoms with van der Waals surface area (Å²) in [6, 6.07) is 10.2. The minimum atomic E-state index is -1.35. The number of carbonyl (C=O) groups excluding carboxylic acids is 2. The standard InChI is InChI=1S/C18H13F2N3O2/c1-18(13-4-6-14(19)7-5-13)16(24)23(17(25)22-18)10-12-3-2-11(9-21)8-15(12)20/h2-8H,10H2,1H3,(H,22,25). The third-order valence-corrected chi connectivity index (χ3v) is 4.21. The van der Waals surface area contributed by atoms with Crippen molar-refractivity contribution >= 4 is 11.9 Å². The molecule has 7 heteroatoms. The molecule has 1 aliphatic rings. The molecule has 1 unspecified atom stereocenters. The van der Waals surface area contributed by atoms with E-state index in [4.69, 9.17) is 5.26 Å². The SMILES string of the molecule is CC1(c2ccc(F)cc2)NC(=O)N(Cc2ccc(C#N)cc2F)C1=O. The number of nitrogens with one attached hydrogen (secondary N) is 1. The molecule has 25 heavy (non-hydrogen) atoms. The highest BCUT2D eigenvalue weighted by Crippen LogP contribution is 2.30. The van der Waals surface area contributed by atoms with Crippen LogP contribution in [0.5, 0.6) is 0 Å². The summed E-state index contributed by atoms with van der Waals surface area (Å²) in [6.45, 7) is 1.24. The third kappa shape index (κ3) is 2.83. The first-order valence-corrected chi connectivity index (χ1v) is 7.44. The number of nitriles is 1. The smallest absolute Gasteiger partial charge is 0.319 e. The Labute approximate surface area is 142 Å². The topological polar surface area (TPSA) is 73.2 Å². The van der Waals surface area contributed by atoms with E-state index in [0.29, 0.717) is 5.56 Å². The summed E-state index contributed by atoms with van der Waals surface area (Å²) in [5.74, 6) is -1.69. The average molecular weight is 341 g/mol. The van der Waals surface area contributed by atoms with Crippen molar-refractivity contribution in [2.45, 2.75) is 19.0 Å². The molecule has 5 nitrogen and oxygen atoms in total. The molecular formula is C18H13F2N3O2. The normalized spacial score (nSPS) is 19.7. The Morgan fingerprint density at radius 2 is 1.84 bits per heavy atom. The van der Waals surface area contributed by atoms with Crippen molar-refractivity contribution in [1.29, 1.82) is 5.26 Å². The first-order chi connectivity index (χ1) is 11.8. The second-order valence-corrected chi connectivity index (χ2v) is 5.87. The fraction of sp³-hybridized carbons (Fsp3) is 0.167. The van der Waals surface area contributed by atoms with Crippen LogP contribution >= 0.6 is 0 Å². The first-order valence-electron chi connectivity index (χ1n) is 7.44. The Morgan fingerprint density at radius 1 is 1.16 bits per heavy atom. The molecule has 1 fully saturated rings. The maximum absolute atomic E-state index is 14.0. The number of urea groups is 1. The van der Waals surface area contributed by atoms with Gasteiger partial charge in [0.05, 0.1) is 18.2 Å². The lowest BCUT2D eigenvalue weighted by molar-refractivity contribution is -0.131. The zero-order chi connectivity index (χ0) is 18.2. The number of imide groups is 1. The van der Waals surface area contributed by atoms with Crippen LogP contribution in [0.4, 0.5) is 13.6 Å². The van der Waals surface area contributed by atoms with Gasteiger partial charge in [-0.15, -0.1) is 0 Å². The van der Waals surface area contributed by atoms with E-state index in [1.54, 1.807) is 0 Å². The number of nitrogens with zero attached hydrogens (tertiary/aromatic N) is 2. The van der Waals surface area contributed by atoms with Crippen LogP contribution < -0.4 is 5.32 Å². The van der Waals surface area contributed by atoms with Gasteiger partial charge in [0.2, 0.25) is 0 Å². The number of hydrogen-bond acceptors (Lipinski definition) is 3. The predicted molar refractivity (Wildman–Crippen MR) is 83.9 cm³/mol. The van der Waals surface area contributed by atoms with E-state index in [1.165, 1.54) is 43.3 Å². The molecule has 0 radical (unpaired) electrons. The first kappa shape index (κ1) is 16.6. The van der Waals surface area contributed by atoms with Crippen LogP contribution in [0.2, 0.25) is 0 Å². The maximum atomic E-state index is 14.0. The van der Waals surface area contributed by atoms with E-state index in [2.05, 4.69) is 5.32 Å². The molecule has 0 bridgehead atoms. The Bertz CT molecular complexity index is 906. The van der Waals surface area contributed by atoms with E-state index in [-0.39, 0.29) is 17.7 Å². The fourth-order valence-corrected chi connectivity index (χ4v) is 2.73. The van der Waals surface area contributed by atoms with Gasteiger partial charge < -0.3 is 5.32 Å². The van der Waals surface area contributed by atoms with Crippen molar-refractivity contribution in [2.24, 2.45) is 0 Å². The van der Waals surface area contributed by atoms with Gasteiger partial charge in [-0.05, 0) is 36.8 Å². The van der Waals surface area contributed by atoms with Gasteiger partial charge in [-0.1, -0.05) is 18.2 Å². The molecule has 1 atom stereocenters. The second kappa shape index (κ2) is 5.98. The van der Waals surface area contributed by atoms with Crippen LogP contribution in [0, 0.1) is 23.0 Å². The highest BCUT2D eigenvalue weighted by molar-refractivity contribution is 6.07. The van der Waals surface area contributed by atoms with Crippen molar-refractivity contribution < 1.29 is 18.4 Å². The number of rotatable bonds is 3. The number of carbonyl (C=O) groups is 2. The van der Waals surface area contributed by atoms with Gasteiger partial charge in [-0.25, -0.2) is 13.6 Å². The minimum absolute atomic E-state index is 0.117. The van der Waals surface area contributed by atoms with Crippen LogP contribution in [0.3, 0.4) is 0 Å². The summed E-state index contributed by atoms with van der Waals surface area (Å²) >= 11 is 0. The van der Waals surface area contributed by atoms with E-state index in [1.807, 2.05) is 6.07 Å². The zero-order valence-corrected chi connectivity index (χ0v) is 13.2. The quantitative estimate of drug-likeness (QED) is 0.873. The molecule has 2 aromatic rings. The van der Waals surface area contributed by atoms with Crippen molar-refractivity contribution in [1.82, 2.24) is 10.2 Å². The van der Waals surface area contributed by atoms with E-state index < -0.39 is 29.1 Å². The molecule has 3 amide bonds. The summed E-state index contributed by atoms with van der Waals surface area (Å²) in [4.78, 5) is 25.9. The molecule has 126 valence electrons. The second-order valence-electron chi connectivity index (χ2n) is 5.87. The average Bonchev–Trinajstić information content (AvgIpc) is 2.81. The molecule has 3 rings (SSSR count). The van der Waals surface area contributed by atoms with Crippen LogP contribution in [-0.2, 0) is 16.9 Å². The fourth-order valence-electron chi connectivity index (χ4n) is 2.73. The molecule has 0 saturated carbocycles. The molecule has 2 aromatic carbocycles. The highest BCUT2D eigenvalue weighted by atomic mass is 19.1. The molecule has 0 aliphatic carbocycles. The lowest BCUT2D eigenvalue weighted by Crippen LogP contribution is -2.40. The molecule has 1 heterocycles. The van der Waals surface area contributed by atoms with Gasteiger partial charge in [0.1, 0.15) is 17.2 Å². The van der Waals surface area contributed by atoms with Gasteiger partial charge in [0.25, 0.3) is 5.91 Å². The molecule has 1 aliphatic heterocycles. The number of halogens is 2. The Kier molecular flexibility index (Phi) is 3.97. The molecule has 0 spiro atoms. The van der Waals surface area contributed by atoms with E-state index in [9.17, 15) is 18.4 Å². The third-order valence-electron chi connectivity index (χ3n) is 4.21. The van der Waals surface area contributed by atoms with Gasteiger partial charge >= 0.3 is 6.03 Å². The zero-order valence-electron chi connectivity index (χ0n) is 13.2. The molecule has 1 saturated heterocycles. The van der Waals surface area contributed by atoms with Crippen LogP contribution in [0.1, 0.15) is 23.6 Å². The summed E-state index contributed by atoms with van der Waals surface area (Å²) in [5, 5.41) is 11.3. The summed E-state index contributed by atoms with van der Waals surface area (Å²) in [7, 11) is 0. The lowest BCUT2D eigenvalue weighted by Gasteiger charge is -2.22. The van der Waals surface area contributed by atoms with E-state index >= 15 is 0 Å². The maximum Gasteiger partial charge on any atom is 0.325 e. The Hall–Kier alpha value is -3.27. The highest BCUT2D eigenvalue weighted by Gasteiger charge is 2.49. The predicted octanol–water partition coefficient (Wildman–Crippen LogP) is 2.80. The number of hydrogen-bond donors (Lipinski definition) is 1. The van der Waals surface area contributed by atoms with Gasteiger partial charge in [0.15, 0.2) is 0 Å². The monoisotopic (exact) mass is 341 g/mol. The Balaban J connectivity index is 1.89. The van der Waals surface area contributed by atoms with Crippen molar-refractivity contribution in [3.63, 3.8) is 0 Å². The summed E-state index contributed by atoms with van der Waals surface area (Å²) < 4.78 is 27.1. The van der Waals surface area contributed by atoms with Gasteiger partial charge in [0, 0.05) is 5.56 Å². The van der Waals surface area contributed by atoms with Crippen molar-refractivity contribution in [2.75, 3.05) is 0 Å². The van der Waals surface area contributed by atoms with Crippen LogP contribution in [0.15, 0.2) is 42.5 Å². The largest absolute Gasteiger partial charge is 0.325 e. The summed E-state index contributed by atoms with van der Waals surface area (Å²) in [6.07, 6.45) is 0. The number of amides is 3. The molecule has 0 aromatic heterocycles. The van der Waals surface area contributed by atoms with Crippen LogP contribution in [0.25, 0.3) is 0 Å². The van der Waals surface area contributed by atoms with E-state index in [0.717, 1.165) is 11.0 Å². The Morgan fingerprint density at radius 3 is 2.44 bits per heavy atom. The molecular weight excluding hydrogens is 328 g/mol. The van der Waals surface area contributed by atoms with Gasteiger partial charge in [-0.2, -0.15) is 5.26 Å². The van der Waals surface area contributed by atoms with Gasteiger partial charge in [-0.3, -0.25) is 9.69 Å². The number of benzene rings is 2. The lowest BCUT2D eigenvalue weighted by atomic mass is 9.92. The van der Waals surface area contributed by atoms with Crippen LogP contribution in [-0.4, -0.2) is 16.8 Å². The van der Waals surface area contributed by atoms with Crippen molar-refractivity contribution in [3.8, 4) is 6.07 Å². The summed E-state index contributed by atoms with van der Waals surface area (Å²) in [5.41, 5.74) is -0.663. The minimum Gasteiger partial charge on any atom is -0.319 e. The molecule has 1 N–H and O–H groups in total.